The van der Waals surface area contributed by atoms with Crippen molar-refractivity contribution in [2.45, 2.75) is 433 Å². The molecule has 100 heavy (non-hydrogen) atoms. The Balaban J connectivity index is 5.20. The molecule has 0 fully saturated rings. The Labute approximate surface area is 613 Å². The Kier molecular flexibility index (Phi) is 68.7. The summed E-state index contributed by atoms with van der Waals surface area (Å²) in [7, 11) is -9.92. The van der Waals surface area contributed by atoms with E-state index in [2.05, 4.69) is 55.4 Å². The number of unbranched alkanes of at least 4 members (excludes halogenated alkanes) is 43. The van der Waals surface area contributed by atoms with Gasteiger partial charge in [-0.3, -0.25) is 37.3 Å². The van der Waals surface area contributed by atoms with Crippen molar-refractivity contribution in [2.75, 3.05) is 39.6 Å². The molecule has 6 atom stereocenters. The molecular formula is C81H158O17P2. The van der Waals surface area contributed by atoms with E-state index in [1.165, 1.54) is 212 Å². The van der Waals surface area contributed by atoms with Gasteiger partial charge in [-0.15, -0.1) is 0 Å². The molecule has 0 aromatic heterocycles. The summed E-state index contributed by atoms with van der Waals surface area (Å²) >= 11 is 0. The number of aliphatic hydroxyl groups excluding tert-OH is 1. The van der Waals surface area contributed by atoms with Crippen molar-refractivity contribution in [3.8, 4) is 0 Å². The molecule has 0 radical (unpaired) electrons. The van der Waals surface area contributed by atoms with Gasteiger partial charge in [-0.2, -0.15) is 0 Å². The third-order valence-electron chi connectivity index (χ3n) is 19.2. The SMILES string of the molecule is CCC(C)CCCCCCCCCCCCCCCCC(=O)O[C@H](COC(=O)CCCCCCCCCCCCCCCCCCCCC(C)C)COP(=O)(O)OCC(O)COP(=O)(O)OC[C@@H](COC(=O)CCCCCCCCCC(C)C)OC(=O)CCCCCCCCCCC(C)C. The number of aliphatic hydroxyl groups is 1. The van der Waals surface area contributed by atoms with Crippen molar-refractivity contribution in [2.24, 2.45) is 23.7 Å². The van der Waals surface area contributed by atoms with Gasteiger partial charge in [0.1, 0.15) is 19.3 Å². The van der Waals surface area contributed by atoms with Crippen LogP contribution in [0, 0.1) is 23.7 Å². The van der Waals surface area contributed by atoms with E-state index in [9.17, 15) is 43.2 Å². The number of hydrogen-bond donors (Lipinski definition) is 3. The normalized spacial score (nSPS) is 14.3. The van der Waals surface area contributed by atoms with Crippen molar-refractivity contribution >= 4 is 39.5 Å². The molecule has 594 valence electrons. The molecule has 0 spiro atoms. The molecule has 0 saturated heterocycles. The first-order chi connectivity index (χ1) is 48.1. The maximum Gasteiger partial charge on any atom is 0.472 e. The molecule has 0 amide bonds. The quantitative estimate of drug-likeness (QED) is 0.0222. The molecule has 0 rings (SSSR count). The fourth-order valence-corrected chi connectivity index (χ4v) is 14.0. The Morgan fingerprint density at radius 1 is 0.280 bits per heavy atom. The molecular weight excluding hydrogens is 1310 g/mol. The number of ether oxygens (including phenoxy) is 4. The van der Waals surface area contributed by atoms with Crippen LogP contribution in [0.15, 0.2) is 0 Å². The number of phosphoric ester groups is 2. The number of carbonyl (C=O) groups excluding carboxylic acids is 4. The van der Waals surface area contributed by atoms with Crippen LogP contribution in [0.1, 0.15) is 415 Å². The summed E-state index contributed by atoms with van der Waals surface area (Å²) in [5.41, 5.74) is 0. The largest absolute Gasteiger partial charge is 0.472 e. The molecule has 0 aliphatic rings. The van der Waals surface area contributed by atoms with Gasteiger partial charge >= 0.3 is 39.5 Å². The highest BCUT2D eigenvalue weighted by atomic mass is 31.2. The smallest absolute Gasteiger partial charge is 0.462 e. The summed E-state index contributed by atoms with van der Waals surface area (Å²) in [4.78, 5) is 72.9. The van der Waals surface area contributed by atoms with Gasteiger partial charge in [0.05, 0.1) is 26.4 Å². The van der Waals surface area contributed by atoms with E-state index in [1.807, 2.05) is 0 Å². The average Bonchev–Trinajstić information content (AvgIpc) is 0.916. The zero-order valence-electron chi connectivity index (χ0n) is 65.8. The highest BCUT2D eigenvalue weighted by Gasteiger charge is 2.30. The lowest BCUT2D eigenvalue weighted by molar-refractivity contribution is -0.161. The minimum Gasteiger partial charge on any atom is -0.462 e. The van der Waals surface area contributed by atoms with E-state index in [0.29, 0.717) is 31.6 Å². The lowest BCUT2D eigenvalue weighted by Crippen LogP contribution is -2.30. The molecule has 0 bridgehead atoms. The Hall–Kier alpha value is -1.94. The monoisotopic (exact) mass is 1470 g/mol. The van der Waals surface area contributed by atoms with Crippen LogP contribution in [0.5, 0.6) is 0 Å². The predicted molar refractivity (Wildman–Crippen MR) is 409 cm³/mol. The minimum atomic E-state index is -4.96. The molecule has 3 N–H and O–H groups in total. The van der Waals surface area contributed by atoms with E-state index < -0.39 is 97.5 Å². The topological polar surface area (TPSA) is 237 Å². The Morgan fingerprint density at radius 3 is 0.710 bits per heavy atom. The van der Waals surface area contributed by atoms with E-state index in [0.717, 1.165) is 114 Å². The van der Waals surface area contributed by atoms with Crippen LogP contribution >= 0.6 is 15.6 Å². The van der Waals surface area contributed by atoms with Gasteiger partial charge in [0, 0.05) is 25.7 Å². The third kappa shape index (κ3) is 73.0. The Morgan fingerprint density at radius 2 is 0.480 bits per heavy atom. The predicted octanol–water partition coefficient (Wildman–Crippen LogP) is 24.0. The molecule has 19 heteroatoms. The summed E-state index contributed by atoms with van der Waals surface area (Å²) < 4.78 is 68.6. The maximum atomic E-state index is 13.1. The average molecular weight is 1470 g/mol. The molecule has 0 saturated carbocycles. The van der Waals surface area contributed by atoms with Gasteiger partial charge in [0.2, 0.25) is 0 Å². The van der Waals surface area contributed by atoms with Gasteiger partial charge in [0.15, 0.2) is 12.2 Å². The second kappa shape index (κ2) is 70.1. The van der Waals surface area contributed by atoms with Crippen molar-refractivity contribution in [3.05, 3.63) is 0 Å². The van der Waals surface area contributed by atoms with Gasteiger partial charge in [-0.1, -0.05) is 364 Å². The van der Waals surface area contributed by atoms with E-state index in [-0.39, 0.29) is 25.7 Å². The Bertz CT molecular complexity index is 1960. The standard InChI is InChI=1S/C81H158O17P2/c1-9-74(8)60-52-44-36-27-23-19-16-17-21-25-29-38-47-55-63-80(85)97-76(67-91-78(83)61-53-45-37-28-24-20-15-13-11-10-12-14-18-22-26-33-41-49-57-71(2)3)69-95-99(87,88)93-65-75(82)66-94-100(89,90)96-70-77(68-92-79(84)62-54-46-40-32-35-43-51-59-73(6)7)98-81(86)64-56-48-39-31-30-34-42-50-58-72(4)5/h71-77,82H,9-70H2,1-8H3,(H,87,88)(H,89,90)/t74?,75?,76-,77-/m1/s1. The molecule has 0 aromatic rings. The van der Waals surface area contributed by atoms with Crippen molar-refractivity contribution in [1.29, 1.82) is 0 Å². The highest BCUT2D eigenvalue weighted by Crippen LogP contribution is 2.45. The fraction of sp³-hybridized carbons (Fsp3) is 0.951. The molecule has 0 aliphatic carbocycles. The third-order valence-corrected chi connectivity index (χ3v) is 21.1. The lowest BCUT2D eigenvalue weighted by atomic mass is 9.99. The lowest BCUT2D eigenvalue weighted by Gasteiger charge is -2.21. The van der Waals surface area contributed by atoms with Gasteiger partial charge < -0.3 is 33.8 Å². The number of phosphoric acid groups is 2. The second-order valence-corrected chi connectivity index (χ2v) is 33.7. The molecule has 17 nitrogen and oxygen atoms in total. The van der Waals surface area contributed by atoms with Crippen molar-refractivity contribution < 1.29 is 80.2 Å². The molecule has 0 aromatic carbocycles. The first-order valence-corrected chi connectivity index (χ1v) is 44.7. The van der Waals surface area contributed by atoms with Gasteiger partial charge in [-0.05, 0) is 49.4 Å². The van der Waals surface area contributed by atoms with E-state index in [4.69, 9.17) is 37.0 Å². The second-order valence-electron chi connectivity index (χ2n) is 30.8. The summed E-state index contributed by atoms with van der Waals surface area (Å²) in [6.45, 7) is 14.2. The van der Waals surface area contributed by atoms with Crippen LogP contribution in [0.4, 0.5) is 0 Å². The molecule has 4 unspecified atom stereocenters. The summed E-state index contributed by atoms with van der Waals surface area (Å²) in [5, 5.41) is 10.6. The maximum absolute atomic E-state index is 13.1. The van der Waals surface area contributed by atoms with Gasteiger partial charge in [-0.25, -0.2) is 9.13 Å². The van der Waals surface area contributed by atoms with Crippen molar-refractivity contribution in [3.63, 3.8) is 0 Å². The van der Waals surface area contributed by atoms with Crippen LogP contribution < -0.4 is 0 Å². The van der Waals surface area contributed by atoms with Crippen LogP contribution in [-0.2, 0) is 65.4 Å². The summed E-state index contributed by atoms with van der Waals surface area (Å²) in [5.74, 6) is 0.975. The first kappa shape index (κ1) is 98.1. The number of carbonyl (C=O) groups is 4. The van der Waals surface area contributed by atoms with Crippen LogP contribution in [0.25, 0.3) is 0 Å². The minimum absolute atomic E-state index is 0.104. The van der Waals surface area contributed by atoms with E-state index >= 15 is 0 Å². The highest BCUT2D eigenvalue weighted by molar-refractivity contribution is 7.47. The number of rotatable bonds is 78. The first-order valence-electron chi connectivity index (χ1n) is 41.7. The molecule has 0 aliphatic heterocycles. The number of hydrogen-bond acceptors (Lipinski definition) is 15. The molecule has 0 heterocycles. The van der Waals surface area contributed by atoms with Gasteiger partial charge in [0.25, 0.3) is 0 Å². The van der Waals surface area contributed by atoms with Crippen LogP contribution in [-0.4, -0.2) is 96.7 Å². The summed E-state index contributed by atoms with van der Waals surface area (Å²) in [6, 6.07) is 0. The fourth-order valence-electron chi connectivity index (χ4n) is 12.4. The zero-order valence-corrected chi connectivity index (χ0v) is 67.6. The van der Waals surface area contributed by atoms with Crippen LogP contribution in [0.2, 0.25) is 0 Å². The number of esters is 4. The van der Waals surface area contributed by atoms with E-state index in [1.54, 1.807) is 0 Å². The van der Waals surface area contributed by atoms with Crippen LogP contribution in [0.3, 0.4) is 0 Å². The zero-order chi connectivity index (χ0) is 73.8. The van der Waals surface area contributed by atoms with Crippen molar-refractivity contribution in [1.82, 2.24) is 0 Å². The summed E-state index contributed by atoms with van der Waals surface area (Å²) in [6.07, 6.45) is 57.1.